The average Bonchev–Trinajstić information content (AvgIpc) is 2.50. The van der Waals surface area contributed by atoms with E-state index in [2.05, 4.69) is 32.0 Å². The van der Waals surface area contributed by atoms with Gasteiger partial charge in [-0.25, -0.2) is 9.13 Å². The maximum Gasteiger partial charge on any atom is 0.478 e. The van der Waals surface area contributed by atoms with E-state index in [0.29, 0.717) is 0 Å². The largest absolute Gasteiger partial charge is 0.478 e. The summed E-state index contributed by atoms with van der Waals surface area (Å²) in [5.74, 6) is 0. The van der Waals surface area contributed by atoms with E-state index in [1.165, 1.54) is 82.0 Å². The highest BCUT2D eigenvalue weighted by Gasteiger charge is 2.28. The van der Waals surface area contributed by atoms with E-state index >= 15 is 0 Å². The summed E-state index contributed by atoms with van der Waals surface area (Å²) in [6, 6.07) is 0. The van der Waals surface area contributed by atoms with Crippen LogP contribution in [0, 0.1) is 0 Å². The van der Waals surface area contributed by atoms with E-state index in [1.807, 2.05) is 0 Å². The molecule has 8 nitrogen and oxygen atoms in total. The van der Waals surface area contributed by atoms with Gasteiger partial charge >= 0.3 is 15.6 Å². The van der Waals surface area contributed by atoms with Crippen molar-refractivity contribution in [3.8, 4) is 0 Å². The van der Waals surface area contributed by atoms with Gasteiger partial charge in [-0.15, -0.1) is 0 Å². The van der Waals surface area contributed by atoms with Gasteiger partial charge in [-0.1, -0.05) is 53.4 Å². The summed E-state index contributed by atoms with van der Waals surface area (Å²) in [6.07, 6.45) is 11.1. The zero-order valence-electron chi connectivity index (χ0n) is 16.8. The van der Waals surface area contributed by atoms with Gasteiger partial charge in [0.1, 0.15) is 0 Å². The molecule has 0 atom stereocenters. The van der Waals surface area contributed by atoms with Crippen LogP contribution in [-0.4, -0.2) is 50.2 Å². The molecule has 0 heterocycles. The van der Waals surface area contributed by atoms with Gasteiger partial charge in [-0.05, 0) is 25.7 Å². The van der Waals surface area contributed by atoms with E-state index in [0.717, 1.165) is 0 Å². The first-order chi connectivity index (χ1) is 11.9. The number of unbranched alkanes of at least 4 members (excludes halogenated alkanes) is 4. The molecular weight excluding hydrogens is 380 g/mol. The summed E-state index contributed by atoms with van der Waals surface area (Å²) in [6.45, 7) is 15.0. The number of phosphoric acid groups is 2. The number of hydrogen-bond donors (Lipinski definition) is 4. The van der Waals surface area contributed by atoms with Gasteiger partial charge in [0.25, 0.3) is 0 Å². The Balaban J connectivity index is 0. The third kappa shape index (κ3) is 19.0. The van der Waals surface area contributed by atoms with Crippen LogP contribution in [-0.2, 0) is 13.4 Å². The minimum Gasteiger partial charge on any atom is -0.324 e. The molecule has 0 aliphatic heterocycles. The van der Waals surface area contributed by atoms with Crippen molar-refractivity contribution in [2.45, 2.75) is 79.1 Å². The predicted molar refractivity (Wildman–Crippen MR) is 105 cm³/mol. The third-order valence-electron chi connectivity index (χ3n) is 4.16. The van der Waals surface area contributed by atoms with Crippen molar-refractivity contribution < 1.29 is 37.5 Å². The Labute approximate surface area is 159 Å². The van der Waals surface area contributed by atoms with Crippen LogP contribution in [0.15, 0.2) is 0 Å². The van der Waals surface area contributed by atoms with Gasteiger partial charge < -0.3 is 24.1 Å². The van der Waals surface area contributed by atoms with Crippen molar-refractivity contribution >= 4 is 15.6 Å². The van der Waals surface area contributed by atoms with Crippen LogP contribution >= 0.6 is 15.6 Å². The topological polar surface area (TPSA) is 124 Å². The molecule has 0 saturated heterocycles. The lowest BCUT2D eigenvalue weighted by molar-refractivity contribution is -0.929. The highest BCUT2D eigenvalue weighted by Crippen LogP contribution is 2.53. The lowest BCUT2D eigenvalue weighted by Gasteiger charge is -2.39. The summed E-state index contributed by atoms with van der Waals surface area (Å²) >= 11 is 0. The van der Waals surface area contributed by atoms with Gasteiger partial charge in [0.2, 0.25) is 0 Å². The fourth-order valence-electron chi connectivity index (χ4n) is 2.78. The van der Waals surface area contributed by atoms with Gasteiger partial charge in [-0.3, -0.25) is 0 Å². The Morgan fingerprint density at radius 2 is 0.846 bits per heavy atom. The smallest absolute Gasteiger partial charge is 0.324 e. The number of nitrogens with zero attached hydrogens (tertiary/aromatic N) is 1. The van der Waals surface area contributed by atoms with Crippen LogP contribution in [0.5, 0.6) is 0 Å². The van der Waals surface area contributed by atoms with Crippen molar-refractivity contribution in [2.75, 3.05) is 26.2 Å². The van der Waals surface area contributed by atoms with E-state index in [4.69, 9.17) is 19.6 Å². The summed E-state index contributed by atoms with van der Waals surface area (Å²) in [7, 11) is -10.1. The second-order valence-electron chi connectivity index (χ2n) is 6.71. The first kappa shape index (κ1) is 28.4. The molecule has 0 aliphatic rings. The summed E-state index contributed by atoms with van der Waals surface area (Å²) in [5.41, 5.74) is 0. The van der Waals surface area contributed by atoms with Crippen molar-refractivity contribution in [1.82, 2.24) is 0 Å². The third-order valence-corrected chi connectivity index (χ3v) is 5.86. The SMILES string of the molecule is CCCC[N+](CCCC)(CCCC)CCCC.O=P(O)(O)OP(=O)(O)O. The van der Waals surface area contributed by atoms with Gasteiger partial charge in [0.05, 0.1) is 26.2 Å². The Morgan fingerprint density at radius 3 is 0.962 bits per heavy atom. The lowest BCUT2D eigenvalue weighted by atomic mass is 10.1. The minimum atomic E-state index is -5.05. The summed E-state index contributed by atoms with van der Waals surface area (Å²) in [4.78, 5) is 31.0. The molecule has 0 unspecified atom stereocenters. The van der Waals surface area contributed by atoms with Gasteiger partial charge in [0, 0.05) is 0 Å². The molecule has 26 heavy (non-hydrogen) atoms. The molecule has 0 bridgehead atoms. The maximum absolute atomic E-state index is 9.63. The molecule has 0 aliphatic carbocycles. The Hall–Kier alpha value is 0.220. The van der Waals surface area contributed by atoms with Crippen molar-refractivity contribution in [2.24, 2.45) is 0 Å². The Morgan fingerprint density at radius 1 is 0.615 bits per heavy atom. The van der Waals surface area contributed by atoms with Crippen LogP contribution in [0.3, 0.4) is 0 Å². The molecular formula is C16H40NO7P2+. The standard InChI is InChI=1S/C16H36N.H4O7P2/c1-5-9-13-17(14-10-6-2,15-11-7-3)16-12-8-4;1-8(2,3)7-9(4,5)6/h5-16H2,1-4H3;(H2,1,2,3)(H2,4,5,6)/q+1;. The number of rotatable bonds is 14. The first-order valence-corrected chi connectivity index (χ1v) is 12.7. The molecule has 0 fully saturated rings. The van der Waals surface area contributed by atoms with Crippen LogP contribution in [0.25, 0.3) is 0 Å². The van der Waals surface area contributed by atoms with Gasteiger partial charge in [0.15, 0.2) is 0 Å². The molecule has 0 aromatic carbocycles. The van der Waals surface area contributed by atoms with Crippen LogP contribution in [0.1, 0.15) is 79.1 Å². The molecule has 0 spiro atoms. The molecule has 0 amide bonds. The monoisotopic (exact) mass is 420 g/mol. The normalized spacial score (nSPS) is 12.6. The second kappa shape index (κ2) is 15.2. The first-order valence-electron chi connectivity index (χ1n) is 9.62. The van der Waals surface area contributed by atoms with E-state index in [-0.39, 0.29) is 0 Å². The molecule has 10 heteroatoms. The fraction of sp³-hybridized carbons (Fsp3) is 1.00. The highest BCUT2D eigenvalue weighted by atomic mass is 31.3. The molecule has 4 N–H and O–H groups in total. The predicted octanol–water partition coefficient (Wildman–Crippen LogP) is 4.19. The number of quaternary nitrogens is 1. The van der Waals surface area contributed by atoms with Crippen LogP contribution < -0.4 is 0 Å². The van der Waals surface area contributed by atoms with E-state index in [9.17, 15) is 9.13 Å². The summed E-state index contributed by atoms with van der Waals surface area (Å²) in [5, 5.41) is 0. The minimum absolute atomic E-state index is 1.35. The summed E-state index contributed by atoms with van der Waals surface area (Å²) < 4.78 is 23.6. The van der Waals surface area contributed by atoms with Crippen molar-refractivity contribution in [3.63, 3.8) is 0 Å². The lowest BCUT2D eigenvalue weighted by Crippen LogP contribution is -2.50. The quantitative estimate of drug-likeness (QED) is 0.245. The van der Waals surface area contributed by atoms with Crippen LogP contribution in [0.4, 0.5) is 0 Å². The molecule has 0 radical (unpaired) electrons. The van der Waals surface area contributed by atoms with E-state index in [1.54, 1.807) is 0 Å². The second-order valence-corrected chi connectivity index (χ2v) is 9.33. The van der Waals surface area contributed by atoms with Crippen molar-refractivity contribution in [1.29, 1.82) is 0 Å². The molecule has 0 rings (SSSR count). The molecule has 0 aromatic heterocycles. The maximum atomic E-state index is 9.63. The zero-order valence-corrected chi connectivity index (χ0v) is 18.6. The Kier molecular flexibility index (Phi) is 16.6. The fourth-order valence-corrected chi connectivity index (χ4v) is 3.89. The van der Waals surface area contributed by atoms with Gasteiger partial charge in [-0.2, -0.15) is 4.31 Å². The van der Waals surface area contributed by atoms with E-state index < -0.39 is 15.6 Å². The highest BCUT2D eigenvalue weighted by molar-refractivity contribution is 7.60. The van der Waals surface area contributed by atoms with Crippen molar-refractivity contribution in [3.05, 3.63) is 0 Å². The van der Waals surface area contributed by atoms with Crippen LogP contribution in [0.2, 0.25) is 0 Å². The average molecular weight is 420 g/mol. The Bertz CT molecular complexity index is 365. The molecule has 160 valence electrons. The zero-order chi connectivity index (χ0) is 20.7. The molecule has 0 saturated carbocycles. The molecule has 0 aromatic rings. The number of hydrogen-bond acceptors (Lipinski definition) is 3.